The first kappa shape index (κ1) is 16.8. The van der Waals surface area contributed by atoms with Crippen LogP contribution < -0.4 is 14.8 Å². The molecular weight excluding hydrogens is 339 g/mol. The van der Waals surface area contributed by atoms with Crippen LogP contribution in [-0.2, 0) is 6.54 Å². The van der Waals surface area contributed by atoms with E-state index in [1.807, 2.05) is 18.2 Å². The second-order valence-electron chi connectivity index (χ2n) is 5.23. The Morgan fingerprint density at radius 1 is 1.00 bits per heavy atom. The van der Waals surface area contributed by atoms with E-state index in [-0.39, 0.29) is 0 Å². The maximum absolute atomic E-state index is 12.4. The van der Waals surface area contributed by atoms with Gasteiger partial charge in [0.25, 0.3) is 0 Å². The van der Waals surface area contributed by atoms with Crippen molar-refractivity contribution >= 4 is 17.4 Å². The molecule has 24 heavy (non-hydrogen) atoms. The zero-order valence-electron chi connectivity index (χ0n) is 12.7. The van der Waals surface area contributed by atoms with Gasteiger partial charge in [0.15, 0.2) is 11.5 Å². The summed E-state index contributed by atoms with van der Waals surface area (Å²) in [7, 11) is 0. The van der Waals surface area contributed by atoms with Gasteiger partial charge < -0.3 is 14.8 Å². The van der Waals surface area contributed by atoms with Crippen LogP contribution in [0, 0.1) is 0 Å². The van der Waals surface area contributed by atoms with Gasteiger partial charge in [-0.15, -0.1) is 11.8 Å². The molecule has 0 saturated heterocycles. The first-order valence-corrected chi connectivity index (χ1v) is 8.41. The lowest BCUT2D eigenvalue weighted by Gasteiger charge is -2.19. The van der Waals surface area contributed by atoms with E-state index in [4.69, 9.17) is 9.47 Å². The highest BCUT2D eigenvalue weighted by molar-refractivity contribution is 7.99. The summed E-state index contributed by atoms with van der Waals surface area (Å²) in [6, 6.07) is 12.6. The molecule has 3 nitrogen and oxygen atoms in total. The Bertz CT molecular complexity index is 706. The van der Waals surface area contributed by atoms with E-state index in [1.54, 1.807) is 24.3 Å². The third-order valence-corrected chi connectivity index (χ3v) is 4.51. The molecule has 1 aliphatic heterocycles. The molecule has 1 aliphatic rings. The molecule has 0 fully saturated rings. The fourth-order valence-electron chi connectivity index (χ4n) is 2.29. The minimum atomic E-state index is -4.19. The van der Waals surface area contributed by atoms with Crippen LogP contribution in [0.5, 0.6) is 11.5 Å². The van der Waals surface area contributed by atoms with Crippen molar-refractivity contribution < 1.29 is 22.6 Å². The van der Waals surface area contributed by atoms with E-state index in [0.29, 0.717) is 41.8 Å². The van der Waals surface area contributed by atoms with E-state index >= 15 is 0 Å². The highest BCUT2D eigenvalue weighted by atomic mass is 32.2. The molecule has 0 spiro atoms. The van der Waals surface area contributed by atoms with E-state index in [9.17, 15) is 13.2 Å². The van der Waals surface area contributed by atoms with Crippen molar-refractivity contribution in [3.05, 3.63) is 48.0 Å². The van der Waals surface area contributed by atoms with Crippen LogP contribution in [0.3, 0.4) is 0 Å². The van der Waals surface area contributed by atoms with Crippen molar-refractivity contribution in [2.45, 2.75) is 17.6 Å². The molecule has 0 radical (unpaired) electrons. The summed E-state index contributed by atoms with van der Waals surface area (Å²) in [5.74, 6) is 0.502. The number of anilines is 1. The summed E-state index contributed by atoms with van der Waals surface area (Å²) in [6.45, 7) is 1.54. The molecule has 128 valence electrons. The maximum atomic E-state index is 12.4. The average molecular weight is 355 g/mol. The molecule has 1 N–H and O–H groups in total. The molecule has 0 atom stereocenters. The van der Waals surface area contributed by atoms with Gasteiger partial charge in [-0.05, 0) is 29.8 Å². The Morgan fingerprint density at radius 2 is 1.75 bits per heavy atom. The van der Waals surface area contributed by atoms with Crippen LogP contribution in [0.15, 0.2) is 47.4 Å². The molecule has 3 rings (SSSR count). The summed E-state index contributed by atoms with van der Waals surface area (Å²) < 4.78 is 48.3. The zero-order valence-corrected chi connectivity index (χ0v) is 13.5. The van der Waals surface area contributed by atoms with Gasteiger partial charge in [0.2, 0.25) is 0 Å². The molecule has 0 bridgehead atoms. The predicted octanol–water partition coefficient (Wildman–Crippen LogP) is 4.72. The van der Waals surface area contributed by atoms with Crippen molar-refractivity contribution in [1.82, 2.24) is 0 Å². The smallest absolute Gasteiger partial charge is 0.398 e. The molecule has 0 aromatic heterocycles. The standard InChI is InChI=1S/C17H16F3NO2S/c18-17(19,20)11-24-16-4-2-1-3-13(16)21-10-12-5-6-14-15(9-12)23-8-7-22-14/h1-6,9,21H,7-8,10-11H2. The van der Waals surface area contributed by atoms with E-state index in [0.717, 1.165) is 17.3 Å². The van der Waals surface area contributed by atoms with Gasteiger partial charge in [0.05, 0.1) is 5.75 Å². The highest BCUT2D eigenvalue weighted by Gasteiger charge is 2.27. The molecule has 0 aliphatic carbocycles. The number of fused-ring (bicyclic) bond motifs is 1. The summed E-state index contributed by atoms with van der Waals surface area (Å²) in [6.07, 6.45) is -4.19. The van der Waals surface area contributed by atoms with Gasteiger partial charge in [-0.25, -0.2) is 0 Å². The highest BCUT2D eigenvalue weighted by Crippen LogP contribution is 2.33. The van der Waals surface area contributed by atoms with Crippen LogP contribution in [-0.4, -0.2) is 25.1 Å². The number of benzene rings is 2. The molecular formula is C17H16F3NO2S. The summed E-state index contributed by atoms with van der Waals surface area (Å²) in [5, 5.41) is 3.19. The number of thioether (sulfide) groups is 1. The number of para-hydroxylation sites is 1. The topological polar surface area (TPSA) is 30.5 Å². The Balaban J connectivity index is 1.66. The summed E-state index contributed by atoms with van der Waals surface area (Å²) >= 11 is 0.780. The fraction of sp³-hybridized carbons (Fsp3) is 0.294. The largest absolute Gasteiger partial charge is 0.486 e. The van der Waals surface area contributed by atoms with E-state index in [1.165, 1.54) is 0 Å². The predicted molar refractivity (Wildman–Crippen MR) is 88.0 cm³/mol. The van der Waals surface area contributed by atoms with Crippen molar-refractivity contribution in [3.63, 3.8) is 0 Å². The average Bonchev–Trinajstić information content (AvgIpc) is 2.58. The Labute approximate surface area is 142 Å². The Hall–Kier alpha value is -2.02. The molecule has 1 heterocycles. The SMILES string of the molecule is FC(F)(F)CSc1ccccc1NCc1ccc2c(c1)OCCO2. The first-order valence-electron chi connectivity index (χ1n) is 7.42. The second kappa shape index (κ2) is 7.25. The van der Waals surface area contributed by atoms with Crippen molar-refractivity contribution in [1.29, 1.82) is 0 Å². The van der Waals surface area contributed by atoms with Gasteiger partial charge >= 0.3 is 6.18 Å². The monoisotopic (exact) mass is 355 g/mol. The second-order valence-corrected chi connectivity index (χ2v) is 6.25. The number of hydrogen-bond donors (Lipinski definition) is 1. The molecule has 2 aromatic rings. The first-order chi connectivity index (χ1) is 11.5. The van der Waals surface area contributed by atoms with Crippen LogP contribution in [0.2, 0.25) is 0 Å². The maximum Gasteiger partial charge on any atom is 0.398 e. The van der Waals surface area contributed by atoms with Crippen molar-refractivity contribution in [2.75, 3.05) is 24.3 Å². The minimum Gasteiger partial charge on any atom is -0.486 e. The Kier molecular flexibility index (Phi) is 5.08. The van der Waals surface area contributed by atoms with Crippen molar-refractivity contribution in [3.8, 4) is 11.5 Å². The number of rotatable bonds is 5. The lowest BCUT2D eigenvalue weighted by Crippen LogP contribution is -2.15. The quantitative estimate of drug-likeness (QED) is 0.786. The van der Waals surface area contributed by atoms with Crippen LogP contribution in [0.1, 0.15) is 5.56 Å². The van der Waals surface area contributed by atoms with Gasteiger partial charge in [0.1, 0.15) is 13.2 Å². The van der Waals surface area contributed by atoms with E-state index < -0.39 is 11.9 Å². The van der Waals surface area contributed by atoms with Crippen LogP contribution >= 0.6 is 11.8 Å². The molecule has 0 amide bonds. The van der Waals surface area contributed by atoms with Gasteiger partial charge in [-0.1, -0.05) is 18.2 Å². The lowest BCUT2D eigenvalue weighted by molar-refractivity contribution is -0.105. The van der Waals surface area contributed by atoms with Gasteiger partial charge in [-0.2, -0.15) is 13.2 Å². The molecule has 0 unspecified atom stereocenters. The summed E-state index contributed by atoms with van der Waals surface area (Å²) in [5.41, 5.74) is 1.65. The normalized spacial score (nSPS) is 13.6. The number of alkyl halides is 3. The van der Waals surface area contributed by atoms with E-state index in [2.05, 4.69) is 5.32 Å². The number of ether oxygens (including phenoxy) is 2. The molecule has 0 saturated carbocycles. The summed E-state index contributed by atoms with van der Waals surface area (Å²) in [4.78, 5) is 0.576. The van der Waals surface area contributed by atoms with Gasteiger partial charge in [0, 0.05) is 17.1 Å². The fourth-order valence-corrected chi connectivity index (χ4v) is 3.08. The number of hydrogen-bond acceptors (Lipinski definition) is 4. The number of nitrogens with one attached hydrogen (secondary N) is 1. The third-order valence-electron chi connectivity index (χ3n) is 3.37. The van der Waals surface area contributed by atoms with Crippen molar-refractivity contribution in [2.24, 2.45) is 0 Å². The molecule has 7 heteroatoms. The third kappa shape index (κ3) is 4.50. The zero-order chi connectivity index (χ0) is 17.0. The minimum absolute atomic E-state index is 0.486. The van der Waals surface area contributed by atoms with Crippen LogP contribution in [0.25, 0.3) is 0 Å². The number of halogens is 3. The van der Waals surface area contributed by atoms with Crippen LogP contribution in [0.4, 0.5) is 18.9 Å². The lowest BCUT2D eigenvalue weighted by atomic mass is 10.2. The molecule has 2 aromatic carbocycles. The Morgan fingerprint density at radius 3 is 2.54 bits per heavy atom. The van der Waals surface area contributed by atoms with Gasteiger partial charge in [-0.3, -0.25) is 0 Å².